The van der Waals surface area contributed by atoms with Crippen LogP contribution in [0.4, 0.5) is 0 Å². The van der Waals surface area contributed by atoms with Gasteiger partial charge in [0.25, 0.3) is 5.91 Å². The quantitative estimate of drug-likeness (QED) is 0.403. The number of ether oxygens (including phenoxy) is 1. The van der Waals surface area contributed by atoms with Crippen molar-refractivity contribution in [1.29, 1.82) is 0 Å². The van der Waals surface area contributed by atoms with Gasteiger partial charge in [-0.1, -0.05) is 18.2 Å². The zero-order valence-corrected chi connectivity index (χ0v) is 16.9. The van der Waals surface area contributed by atoms with Gasteiger partial charge in [-0.15, -0.1) is 11.8 Å². The summed E-state index contributed by atoms with van der Waals surface area (Å²) in [5, 5.41) is 4.07. The van der Waals surface area contributed by atoms with Gasteiger partial charge in [0, 0.05) is 34.6 Å². The average molecular weight is 407 g/mol. The van der Waals surface area contributed by atoms with Crippen molar-refractivity contribution >= 4 is 28.6 Å². The number of methoxy groups -OCH3 is 1. The number of rotatable bonds is 8. The zero-order valence-electron chi connectivity index (χ0n) is 16.1. The number of thioether (sulfide) groups is 1. The van der Waals surface area contributed by atoms with Crippen LogP contribution in [0.15, 0.2) is 76.2 Å². The lowest BCUT2D eigenvalue weighted by atomic mass is 10.1. The van der Waals surface area contributed by atoms with E-state index in [9.17, 15) is 4.79 Å². The van der Waals surface area contributed by atoms with Crippen molar-refractivity contribution in [3.63, 3.8) is 0 Å². The Balaban J connectivity index is 1.29. The van der Waals surface area contributed by atoms with Crippen molar-refractivity contribution in [2.75, 3.05) is 13.7 Å². The molecule has 29 heavy (non-hydrogen) atoms. The van der Waals surface area contributed by atoms with Crippen LogP contribution in [0.3, 0.4) is 0 Å². The largest absolute Gasteiger partial charge is 0.497 e. The number of benzene rings is 2. The Bertz CT molecular complexity index is 1100. The average Bonchev–Trinajstić information content (AvgIpc) is 3.40. The Morgan fingerprint density at radius 3 is 2.83 bits per heavy atom. The molecule has 1 amide bonds. The van der Waals surface area contributed by atoms with Gasteiger partial charge in [-0.3, -0.25) is 4.79 Å². The second kappa shape index (κ2) is 8.92. The minimum atomic E-state index is -0.192. The molecule has 2 heterocycles. The van der Waals surface area contributed by atoms with Crippen molar-refractivity contribution in [3.8, 4) is 5.75 Å². The molecule has 0 saturated heterocycles. The van der Waals surface area contributed by atoms with Crippen LogP contribution in [0, 0.1) is 0 Å². The number of hydrogen-bond acceptors (Lipinski definition) is 4. The normalized spacial score (nSPS) is 10.9. The van der Waals surface area contributed by atoms with Crippen LogP contribution in [0.2, 0.25) is 0 Å². The van der Waals surface area contributed by atoms with E-state index in [0.29, 0.717) is 18.1 Å². The van der Waals surface area contributed by atoms with E-state index < -0.39 is 0 Å². The smallest absolute Gasteiger partial charge is 0.287 e. The fraction of sp³-hybridized carbons (Fsp3) is 0.174. The van der Waals surface area contributed by atoms with Gasteiger partial charge in [-0.05, 0) is 48.4 Å². The van der Waals surface area contributed by atoms with Crippen LogP contribution in [0.5, 0.6) is 5.75 Å². The van der Waals surface area contributed by atoms with Crippen LogP contribution in [0.25, 0.3) is 10.9 Å². The molecule has 0 saturated carbocycles. The van der Waals surface area contributed by atoms with Gasteiger partial charge in [0.05, 0.1) is 12.9 Å². The number of amides is 1. The number of furan rings is 1. The Kier molecular flexibility index (Phi) is 5.91. The van der Waals surface area contributed by atoms with Crippen LogP contribution < -0.4 is 10.1 Å². The third kappa shape index (κ3) is 4.66. The molecule has 5 nitrogen and oxygen atoms in total. The third-order valence-electron chi connectivity index (χ3n) is 4.66. The minimum absolute atomic E-state index is 0.192. The Morgan fingerprint density at radius 2 is 2.00 bits per heavy atom. The lowest BCUT2D eigenvalue weighted by molar-refractivity contribution is 0.0925. The maximum atomic E-state index is 12.4. The van der Waals surface area contributed by atoms with Gasteiger partial charge < -0.3 is 19.5 Å². The molecular weight excluding hydrogens is 384 g/mol. The van der Waals surface area contributed by atoms with Crippen LogP contribution >= 0.6 is 11.8 Å². The molecule has 2 N–H and O–H groups in total. The van der Waals surface area contributed by atoms with Gasteiger partial charge in [0.2, 0.25) is 0 Å². The molecule has 0 aliphatic heterocycles. The number of fused-ring (bicyclic) bond motifs is 1. The number of H-pyrrole nitrogens is 1. The minimum Gasteiger partial charge on any atom is -0.497 e. The lowest BCUT2D eigenvalue weighted by Crippen LogP contribution is -2.25. The van der Waals surface area contributed by atoms with Gasteiger partial charge >= 0.3 is 0 Å². The Morgan fingerprint density at radius 1 is 1.14 bits per heavy atom. The number of aromatic amines is 1. The third-order valence-corrected chi connectivity index (χ3v) is 5.70. The van der Waals surface area contributed by atoms with E-state index in [0.717, 1.165) is 34.4 Å². The molecule has 0 fully saturated rings. The zero-order chi connectivity index (χ0) is 20.1. The van der Waals surface area contributed by atoms with Gasteiger partial charge in [-0.25, -0.2) is 0 Å². The summed E-state index contributed by atoms with van der Waals surface area (Å²) in [7, 11) is 1.65. The van der Waals surface area contributed by atoms with Gasteiger partial charge in [0.1, 0.15) is 11.5 Å². The van der Waals surface area contributed by atoms with E-state index in [1.165, 1.54) is 4.90 Å². The van der Waals surface area contributed by atoms with Crippen molar-refractivity contribution in [2.45, 2.75) is 17.1 Å². The predicted molar refractivity (Wildman–Crippen MR) is 116 cm³/mol. The van der Waals surface area contributed by atoms with E-state index in [-0.39, 0.29) is 5.91 Å². The first-order valence-electron chi connectivity index (χ1n) is 9.41. The predicted octanol–water partition coefficient (Wildman–Crippen LogP) is 5.03. The molecule has 0 bridgehead atoms. The molecule has 0 unspecified atom stereocenters. The second-order valence-corrected chi connectivity index (χ2v) is 7.65. The topological polar surface area (TPSA) is 67.3 Å². The van der Waals surface area contributed by atoms with Crippen LogP contribution in [0.1, 0.15) is 21.9 Å². The first kappa shape index (κ1) is 19.2. The molecule has 2 aromatic carbocycles. The summed E-state index contributed by atoms with van der Waals surface area (Å²) in [6.45, 7) is 0.534. The number of carbonyl (C=O) groups excluding carboxylic acids is 1. The summed E-state index contributed by atoms with van der Waals surface area (Å²) >= 11 is 1.68. The summed E-state index contributed by atoms with van der Waals surface area (Å²) in [5.41, 5.74) is 2.18. The number of aromatic nitrogens is 1. The van der Waals surface area contributed by atoms with Crippen LogP contribution in [-0.2, 0) is 12.2 Å². The summed E-state index contributed by atoms with van der Waals surface area (Å²) in [6.07, 6.45) is 2.71. The number of nitrogens with one attached hydrogen (secondary N) is 2. The fourth-order valence-corrected chi connectivity index (χ4v) is 3.96. The van der Waals surface area contributed by atoms with E-state index in [4.69, 9.17) is 9.15 Å². The van der Waals surface area contributed by atoms with Crippen molar-refractivity contribution in [3.05, 3.63) is 83.9 Å². The maximum Gasteiger partial charge on any atom is 0.287 e. The summed E-state index contributed by atoms with van der Waals surface area (Å²) in [4.78, 5) is 16.8. The van der Waals surface area contributed by atoms with Crippen LogP contribution in [-0.4, -0.2) is 24.5 Å². The highest BCUT2D eigenvalue weighted by Gasteiger charge is 2.12. The molecule has 4 aromatic rings. The summed E-state index contributed by atoms with van der Waals surface area (Å²) < 4.78 is 10.9. The molecule has 2 aromatic heterocycles. The first-order chi connectivity index (χ1) is 14.2. The molecule has 0 atom stereocenters. The lowest BCUT2D eigenvalue weighted by Gasteiger charge is -2.04. The van der Waals surface area contributed by atoms with E-state index in [1.54, 1.807) is 24.9 Å². The molecule has 0 radical (unpaired) electrons. The number of hydrogen-bond donors (Lipinski definition) is 2. The van der Waals surface area contributed by atoms with Crippen molar-refractivity contribution in [1.82, 2.24) is 10.3 Å². The van der Waals surface area contributed by atoms with Gasteiger partial charge in [0.15, 0.2) is 5.76 Å². The van der Waals surface area contributed by atoms with E-state index in [2.05, 4.69) is 22.4 Å². The highest BCUT2D eigenvalue weighted by Crippen LogP contribution is 2.24. The number of carbonyl (C=O) groups is 1. The maximum absolute atomic E-state index is 12.4. The molecule has 0 spiro atoms. The Labute approximate surface area is 173 Å². The monoisotopic (exact) mass is 406 g/mol. The molecule has 148 valence electrons. The highest BCUT2D eigenvalue weighted by atomic mass is 32.2. The molecule has 0 aliphatic carbocycles. The van der Waals surface area contributed by atoms with Crippen molar-refractivity contribution in [2.24, 2.45) is 0 Å². The summed E-state index contributed by atoms with van der Waals surface area (Å²) in [5.74, 6) is 2.45. The molecule has 6 heteroatoms. The molecule has 4 rings (SSSR count). The van der Waals surface area contributed by atoms with E-state index in [1.807, 2.05) is 48.7 Å². The first-order valence-corrected chi connectivity index (χ1v) is 10.4. The molecule has 0 aliphatic rings. The second-order valence-electron chi connectivity index (χ2n) is 6.60. The Hall–Kier alpha value is -3.12. The standard InChI is InChI=1S/C23H22N2O3S/c1-27-17-7-9-20-16(14-25-21(20)13-17)11-12-24-23(26)22-10-8-18(28-22)15-29-19-5-3-2-4-6-19/h2-10,13-14,25H,11-12,15H2,1H3,(H,24,26). The highest BCUT2D eigenvalue weighted by molar-refractivity contribution is 7.98. The SMILES string of the molecule is COc1ccc2c(CCNC(=O)c3ccc(CSc4ccccc4)o3)c[nH]c2c1. The molecular formula is C23H22N2O3S. The fourth-order valence-electron chi connectivity index (χ4n) is 3.15. The summed E-state index contributed by atoms with van der Waals surface area (Å²) in [6, 6.07) is 19.7. The van der Waals surface area contributed by atoms with Crippen molar-refractivity contribution < 1.29 is 13.9 Å². The van der Waals surface area contributed by atoms with E-state index >= 15 is 0 Å². The van der Waals surface area contributed by atoms with Gasteiger partial charge in [-0.2, -0.15) is 0 Å².